The van der Waals surface area contributed by atoms with Crippen molar-refractivity contribution in [1.82, 2.24) is 5.32 Å². The highest BCUT2D eigenvalue weighted by Crippen LogP contribution is 2.42. The van der Waals surface area contributed by atoms with E-state index in [1.165, 1.54) is 43.2 Å². The highest BCUT2D eigenvalue weighted by molar-refractivity contribution is 8.08. The third kappa shape index (κ3) is 4.64. The Kier molecular flexibility index (Phi) is 5.60. The average Bonchev–Trinajstić information content (AvgIpc) is 3.30. The summed E-state index contributed by atoms with van der Waals surface area (Å²) in [7, 11) is 0. The molecule has 1 aromatic rings. The van der Waals surface area contributed by atoms with Crippen LogP contribution >= 0.6 is 11.8 Å². The largest absolute Gasteiger partial charge is 0.351 e. The van der Waals surface area contributed by atoms with Gasteiger partial charge in [-0.25, -0.2) is 0 Å². The molecular weight excluding hydrogens is 290 g/mol. The molecule has 2 atom stereocenters. The fraction of sp³-hybridized carbons (Fsp3) is 0.526. The SMILES string of the molecule is O=C1NCc2cccc(c2)CCCCCCCC=CC2SC12. The van der Waals surface area contributed by atoms with Crippen LogP contribution in [0.4, 0.5) is 0 Å². The van der Waals surface area contributed by atoms with Gasteiger partial charge in [-0.2, -0.15) is 0 Å². The van der Waals surface area contributed by atoms with Crippen molar-refractivity contribution in [2.24, 2.45) is 0 Å². The normalized spacial score (nSPS) is 26.6. The summed E-state index contributed by atoms with van der Waals surface area (Å²) in [6, 6.07) is 8.67. The molecule has 0 saturated carbocycles. The predicted octanol–water partition coefficient (Wildman–Crippen LogP) is 4.24. The smallest absolute Gasteiger partial charge is 0.234 e. The Morgan fingerprint density at radius 2 is 1.86 bits per heavy atom. The van der Waals surface area contributed by atoms with Gasteiger partial charge in [0.2, 0.25) is 5.91 Å². The summed E-state index contributed by atoms with van der Waals surface area (Å²) in [6.45, 7) is 0.653. The summed E-state index contributed by atoms with van der Waals surface area (Å²) in [5, 5.41) is 3.62. The van der Waals surface area contributed by atoms with Crippen molar-refractivity contribution in [2.45, 2.75) is 62.0 Å². The highest BCUT2D eigenvalue weighted by Gasteiger charge is 2.42. The standard InChI is InChI=1S/C19H25NOS/c21-19-18-17(22-18)12-7-5-3-1-2-4-6-9-15-10-8-11-16(13-15)14-20-19/h7-8,10-13,17-18H,1-6,9,14H2,(H,20,21). The maximum atomic E-state index is 12.1. The van der Waals surface area contributed by atoms with Gasteiger partial charge in [-0.15, -0.1) is 11.8 Å². The first-order valence-electron chi connectivity index (χ1n) is 8.50. The minimum Gasteiger partial charge on any atom is -0.351 e. The Balaban J connectivity index is 1.62. The fourth-order valence-electron chi connectivity index (χ4n) is 3.02. The topological polar surface area (TPSA) is 29.1 Å². The van der Waals surface area contributed by atoms with Gasteiger partial charge in [0.15, 0.2) is 0 Å². The molecule has 1 fully saturated rings. The van der Waals surface area contributed by atoms with Crippen molar-refractivity contribution in [1.29, 1.82) is 0 Å². The number of carbonyl (C=O) groups excluding carboxylic acids is 1. The summed E-state index contributed by atoms with van der Waals surface area (Å²) in [5.74, 6) is 0.189. The molecule has 0 spiro atoms. The van der Waals surface area contributed by atoms with Gasteiger partial charge in [-0.1, -0.05) is 55.7 Å². The van der Waals surface area contributed by atoms with E-state index < -0.39 is 0 Å². The lowest BCUT2D eigenvalue weighted by Crippen LogP contribution is -2.27. The number of thioether (sulfide) groups is 1. The number of amides is 1. The molecule has 1 aromatic carbocycles. The number of carbonyl (C=O) groups is 1. The van der Waals surface area contributed by atoms with Gasteiger partial charge >= 0.3 is 0 Å². The molecule has 1 saturated heterocycles. The first-order valence-corrected chi connectivity index (χ1v) is 9.45. The number of nitrogens with one attached hydrogen (secondary N) is 1. The molecule has 2 heterocycles. The predicted molar refractivity (Wildman–Crippen MR) is 94.0 cm³/mol. The number of fused-ring (bicyclic) bond motifs is 3. The van der Waals surface area contributed by atoms with Gasteiger partial charge in [0, 0.05) is 11.8 Å². The lowest BCUT2D eigenvalue weighted by atomic mass is 10.0. The highest BCUT2D eigenvalue weighted by atomic mass is 32.2. The van der Waals surface area contributed by atoms with Crippen molar-refractivity contribution in [2.75, 3.05) is 0 Å². The lowest BCUT2D eigenvalue weighted by Gasteiger charge is -2.07. The van der Waals surface area contributed by atoms with Gasteiger partial charge in [-0.3, -0.25) is 4.79 Å². The van der Waals surface area contributed by atoms with Crippen molar-refractivity contribution in [3.05, 3.63) is 47.5 Å². The van der Waals surface area contributed by atoms with Gasteiger partial charge in [0.1, 0.15) is 0 Å². The molecule has 2 unspecified atom stereocenters. The maximum absolute atomic E-state index is 12.1. The summed E-state index contributed by atoms with van der Waals surface area (Å²) in [6.07, 6.45) is 13.4. The van der Waals surface area contributed by atoms with Crippen molar-refractivity contribution < 1.29 is 4.79 Å². The molecule has 1 N–H and O–H groups in total. The monoisotopic (exact) mass is 315 g/mol. The summed E-state index contributed by atoms with van der Waals surface area (Å²) in [4.78, 5) is 12.1. The first kappa shape index (κ1) is 15.7. The number of hydrogen-bond donors (Lipinski definition) is 1. The third-order valence-corrected chi connectivity index (χ3v) is 5.63. The van der Waals surface area contributed by atoms with Crippen molar-refractivity contribution >= 4 is 17.7 Å². The van der Waals surface area contributed by atoms with E-state index in [0.29, 0.717) is 11.8 Å². The zero-order valence-electron chi connectivity index (χ0n) is 13.1. The number of benzene rings is 1. The molecule has 0 radical (unpaired) electrons. The van der Waals surface area contributed by atoms with Crippen LogP contribution in [0.15, 0.2) is 36.4 Å². The van der Waals surface area contributed by atoms with E-state index in [4.69, 9.17) is 0 Å². The Morgan fingerprint density at radius 3 is 2.82 bits per heavy atom. The molecular formula is C19H25NOS. The second-order valence-corrected chi connectivity index (χ2v) is 7.62. The molecule has 1 amide bonds. The number of rotatable bonds is 0. The Hall–Kier alpha value is -1.22. The summed E-state index contributed by atoms with van der Waals surface area (Å²) in [5.41, 5.74) is 2.62. The Bertz CT molecular complexity index is 540. The first-order chi connectivity index (χ1) is 10.8. The van der Waals surface area contributed by atoms with E-state index in [0.717, 1.165) is 12.8 Å². The Labute approximate surface area is 137 Å². The van der Waals surface area contributed by atoms with Crippen LogP contribution in [0.5, 0.6) is 0 Å². The van der Waals surface area contributed by atoms with Crippen molar-refractivity contribution in [3.8, 4) is 0 Å². The maximum Gasteiger partial charge on any atom is 0.234 e. The van der Waals surface area contributed by atoms with Crippen LogP contribution in [-0.2, 0) is 17.8 Å². The van der Waals surface area contributed by atoms with Gasteiger partial charge in [0.25, 0.3) is 0 Å². The quantitative estimate of drug-likeness (QED) is 0.573. The molecule has 0 aliphatic carbocycles. The molecule has 2 nitrogen and oxygen atoms in total. The van der Waals surface area contributed by atoms with Crippen LogP contribution in [0.1, 0.15) is 49.7 Å². The van der Waals surface area contributed by atoms with E-state index in [-0.39, 0.29) is 11.2 Å². The Morgan fingerprint density at radius 1 is 1.05 bits per heavy atom. The van der Waals surface area contributed by atoms with Crippen LogP contribution in [0.25, 0.3) is 0 Å². The minimum atomic E-state index is 0.134. The van der Waals surface area contributed by atoms with Crippen LogP contribution in [0, 0.1) is 0 Å². The van der Waals surface area contributed by atoms with Crippen LogP contribution < -0.4 is 5.32 Å². The zero-order valence-corrected chi connectivity index (χ0v) is 13.9. The second-order valence-electron chi connectivity index (χ2n) is 6.29. The second kappa shape index (κ2) is 7.87. The van der Waals surface area contributed by atoms with E-state index in [1.54, 1.807) is 11.8 Å². The number of allylic oxidation sites excluding steroid dienone is 1. The van der Waals surface area contributed by atoms with Gasteiger partial charge in [0.05, 0.1) is 5.25 Å². The minimum absolute atomic E-state index is 0.134. The number of hydrogen-bond acceptors (Lipinski definition) is 2. The molecule has 22 heavy (non-hydrogen) atoms. The van der Waals surface area contributed by atoms with Crippen LogP contribution in [0.2, 0.25) is 0 Å². The zero-order chi connectivity index (χ0) is 15.2. The van der Waals surface area contributed by atoms with E-state index in [1.807, 2.05) is 0 Å². The molecule has 2 bridgehead atoms. The molecule has 2 aliphatic heterocycles. The summed E-state index contributed by atoms with van der Waals surface area (Å²) < 4.78 is 0. The summed E-state index contributed by atoms with van der Waals surface area (Å²) >= 11 is 1.76. The van der Waals surface area contributed by atoms with E-state index in [2.05, 4.69) is 41.7 Å². The fourth-order valence-corrected chi connectivity index (χ4v) is 3.89. The van der Waals surface area contributed by atoms with E-state index in [9.17, 15) is 4.79 Å². The lowest BCUT2D eigenvalue weighted by molar-refractivity contribution is -0.120. The van der Waals surface area contributed by atoms with Crippen molar-refractivity contribution in [3.63, 3.8) is 0 Å². The molecule has 3 rings (SSSR count). The van der Waals surface area contributed by atoms with Crippen LogP contribution in [0.3, 0.4) is 0 Å². The third-order valence-electron chi connectivity index (χ3n) is 4.40. The molecule has 3 heteroatoms. The molecule has 2 aliphatic rings. The van der Waals surface area contributed by atoms with Gasteiger partial charge < -0.3 is 5.32 Å². The van der Waals surface area contributed by atoms with Crippen LogP contribution in [-0.4, -0.2) is 16.4 Å². The number of aryl methyl sites for hydroxylation is 1. The molecule has 0 aromatic heterocycles. The van der Waals surface area contributed by atoms with E-state index >= 15 is 0 Å². The van der Waals surface area contributed by atoms with Gasteiger partial charge in [-0.05, 0) is 36.8 Å². The average molecular weight is 315 g/mol. The molecule has 118 valence electrons.